The highest BCUT2D eigenvalue weighted by atomic mass is 16.5. The minimum atomic E-state index is -0.709. The van der Waals surface area contributed by atoms with Gasteiger partial charge in [0, 0.05) is 5.56 Å². The zero-order chi connectivity index (χ0) is 15.6. The van der Waals surface area contributed by atoms with Gasteiger partial charge >= 0.3 is 11.6 Å². The van der Waals surface area contributed by atoms with E-state index in [1.165, 1.54) is 7.11 Å². The Hall–Kier alpha value is -2.30. The average Bonchev–Trinajstić information content (AvgIpc) is 2.64. The lowest BCUT2D eigenvalue weighted by atomic mass is 10.1. The minimum Gasteiger partial charge on any atom is -0.493 e. The molecular formula is C16H18O5. The number of carbonyl (C=O) groups excluding carboxylic acids is 1. The number of carbonyl (C=O) groups is 1. The van der Waals surface area contributed by atoms with Crippen molar-refractivity contribution in [2.45, 2.75) is 26.7 Å². The molecule has 0 bridgehead atoms. The number of hydrogen-bond acceptors (Lipinski definition) is 5. The molecule has 5 nitrogen and oxygen atoms in total. The molecule has 5 heteroatoms. The molecule has 0 aromatic carbocycles. The number of furan rings is 1. The quantitative estimate of drug-likeness (QED) is 0.810. The molecule has 1 heterocycles. The SMILES string of the molecule is CCOC(=O)c1c2ccc(C(C)C)cc(OC)c-2oc1=O. The molecule has 1 aliphatic carbocycles. The summed E-state index contributed by atoms with van der Waals surface area (Å²) in [6, 6.07) is 5.36. The van der Waals surface area contributed by atoms with E-state index in [1.807, 2.05) is 26.0 Å². The Morgan fingerprint density at radius 3 is 2.62 bits per heavy atom. The van der Waals surface area contributed by atoms with Crippen molar-refractivity contribution in [1.29, 1.82) is 0 Å². The number of methoxy groups -OCH3 is 1. The molecule has 21 heavy (non-hydrogen) atoms. The molecule has 112 valence electrons. The molecule has 0 fully saturated rings. The third-order valence-corrected chi connectivity index (χ3v) is 3.24. The summed E-state index contributed by atoms with van der Waals surface area (Å²) < 4.78 is 15.4. The Labute approximate surface area is 122 Å². The minimum absolute atomic E-state index is 0.0870. The van der Waals surface area contributed by atoms with Crippen molar-refractivity contribution in [2.75, 3.05) is 13.7 Å². The lowest BCUT2D eigenvalue weighted by Crippen LogP contribution is -2.13. The summed E-state index contributed by atoms with van der Waals surface area (Å²) in [6.07, 6.45) is 0. The van der Waals surface area contributed by atoms with Crippen LogP contribution in [0.3, 0.4) is 0 Å². The van der Waals surface area contributed by atoms with Crippen LogP contribution in [0.2, 0.25) is 0 Å². The fraction of sp³-hybridized carbons (Fsp3) is 0.375. The van der Waals surface area contributed by atoms with Gasteiger partial charge in [-0.2, -0.15) is 0 Å². The molecule has 2 rings (SSSR count). The van der Waals surface area contributed by atoms with Crippen molar-refractivity contribution in [3.8, 4) is 17.1 Å². The number of fused-ring (bicyclic) bond motifs is 1. The summed E-state index contributed by atoms with van der Waals surface area (Å²) in [7, 11) is 1.50. The first-order chi connectivity index (χ1) is 9.99. The Kier molecular flexibility index (Phi) is 4.31. The Bertz CT molecular complexity index is 684. The van der Waals surface area contributed by atoms with Crippen molar-refractivity contribution >= 4 is 5.97 Å². The number of hydrogen-bond donors (Lipinski definition) is 0. The van der Waals surface area contributed by atoms with E-state index in [1.54, 1.807) is 13.0 Å². The highest BCUT2D eigenvalue weighted by molar-refractivity contribution is 5.97. The number of rotatable bonds is 4. The van der Waals surface area contributed by atoms with Gasteiger partial charge in [0.05, 0.1) is 13.7 Å². The summed E-state index contributed by atoms with van der Waals surface area (Å²) >= 11 is 0. The maximum Gasteiger partial charge on any atom is 0.351 e. The van der Waals surface area contributed by atoms with Crippen LogP contribution >= 0.6 is 0 Å². The van der Waals surface area contributed by atoms with Crippen LogP contribution in [0.25, 0.3) is 11.3 Å². The van der Waals surface area contributed by atoms with Crippen molar-refractivity contribution in [2.24, 2.45) is 0 Å². The van der Waals surface area contributed by atoms with Crippen molar-refractivity contribution in [3.63, 3.8) is 0 Å². The molecule has 0 N–H and O–H groups in total. The first-order valence-corrected chi connectivity index (χ1v) is 6.81. The highest BCUT2D eigenvalue weighted by Gasteiger charge is 2.27. The molecule has 0 spiro atoms. The Balaban J connectivity index is 2.72. The van der Waals surface area contributed by atoms with E-state index in [0.717, 1.165) is 5.56 Å². The van der Waals surface area contributed by atoms with Crippen LogP contribution in [0, 0.1) is 0 Å². The third kappa shape index (κ3) is 2.77. The van der Waals surface area contributed by atoms with Crippen molar-refractivity contribution in [3.05, 3.63) is 39.7 Å². The number of ether oxygens (including phenoxy) is 2. The van der Waals surface area contributed by atoms with E-state index in [-0.39, 0.29) is 23.8 Å². The van der Waals surface area contributed by atoms with E-state index in [4.69, 9.17) is 13.9 Å². The van der Waals surface area contributed by atoms with Crippen LogP contribution in [0.15, 0.2) is 27.4 Å². The van der Waals surface area contributed by atoms with Crippen LogP contribution in [-0.2, 0) is 4.74 Å². The molecule has 0 radical (unpaired) electrons. The van der Waals surface area contributed by atoms with Gasteiger partial charge in [-0.3, -0.25) is 0 Å². The van der Waals surface area contributed by atoms with Crippen LogP contribution in [0.4, 0.5) is 0 Å². The molecule has 2 aliphatic rings. The first-order valence-electron chi connectivity index (χ1n) is 6.81. The summed E-state index contributed by atoms with van der Waals surface area (Å²) in [5.41, 5.74) is 0.623. The molecule has 0 aromatic heterocycles. The average molecular weight is 290 g/mol. The molecule has 0 amide bonds. The van der Waals surface area contributed by atoms with Crippen LogP contribution in [-0.4, -0.2) is 19.7 Å². The van der Waals surface area contributed by atoms with E-state index in [2.05, 4.69) is 0 Å². The predicted molar refractivity (Wildman–Crippen MR) is 78.2 cm³/mol. The molecule has 0 saturated heterocycles. The Morgan fingerprint density at radius 1 is 1.33 bits per heavy atom. The fourth-order valence-corrected chi connectivity index (χ4v) is 2.12. The summed E-state index contributed by atoms with van der Waals surface area (Å²) in [5.74, 6) is 0.276. The van der Waals surface area contributed by atoms with E-state index in [0.29, 0.717) is 11.3 Å². The standard InChI is InChI=1S/C16H18O5/c1-5-20-15(17)13-11-7-6-10(9(2)3)8-12(19-4)14(11)21-16(13)18/h6-9H,5H2,1-4H3. The highest BCUT2D eigenvalue weighted by Crippen LogP contribution is 2.35. The second-order valence-electron chi connectivity index (χ2n) is 4.93. The van der Waals surface area contributed by atoms with Crippen LogP contribution < -0.4 is 10.4 Å². The van der Waals surface area contributed by atoms with Gasteiger partial charge in [0.25, 0.3) is 0 Å². The van der Waals surface area contributed by atoms with Gasteiger partial charge in [-0.1, -0.05) is 19.9 Å². The topological polar surface area (TPSA) is 65.7 Å². The van der Waals surface area contributed by atoms with E-state index in [9.17, 15) is 9.59 Å². The van der Waals surface area contributed by atoms with Crippen molar-refractivity contribution in [1.82, 2.24) is 0 Å². The maximum atomic E-state index is 11.9. The molecule has 0 saturated carbocycles. The summed E-state index contributed by atoms with van der Waals surface area (Å²) in [6.45, 7) is 5.96. The van der Waals surface area contributed by atoms with Gasteiger partial charge in [0.15, 0.2) is 17.1 Å². The van der Waals surface area contributed by atoms with Gasteiger partial charge in [-0.25, -0.2) is 9.59 Å². The Morgan fingerprint density at radius 2 is 2.05 bits per heavy atom. The predicted octanol–water partition coefficient (Wildman–Crippen LogP) is 3.05. The lowest BCUT2D eigenvalue weighted by molar-refractivity contribution is 0.0524. The van der Waals surface area contributed by atoms with Crippen molar-refractivity contribution < 1.29 is 18.7 Å². The normalized spacial score (nSPS) is 10.9. The lowest BCUT2D eigenvalue weighted by Gasteiger charge is -2.03. The molecule has 0 unspecified atom stereocenters. The molecule has 1 aliphatic heterocycles. The van der Waals surface area contributed by atoms with Gasteiger partial charge < -0.3 is 13.9 Å². The number of esters is 1. The second-order valence-corrected chi connectivity index (χ2v) is 4.93. The second kappa shape index (κ2) is 5.99. The van der Waals surface area contributed by atoms with Crippen LogP contribution in [0.1, 0.15) is 42.6 Å². The molecule has 0 aromatic rings. The summed E-state index contributed by atoms with van der Waals surface area (Å²) in [5, 5.41) is 0. The van der Waals surface area contributed by atoms with E-state index >= 15 is 0 Å². The molecule has 0 atom stereocenters. The van der Waals surface area contributed by atoms with Gasteiger partial charge in [0.2, 0.25) is 0 Å². The van der Waals surface area contributed by atoms with Gasteiger partial charge in [0.1, 0.15) is 0 Å². The third-order valence-electron chi connectivity index (χ3n) is 3.24. The van der Waals surface area contributed by atoms with Gasteiger partial charge in [-0.15, -0.1) is 0 Å². The monoisotopic (exact) mass is 290 g/mol. The molecular weight excluding hydrogens is 272 g/mol. The largest absolute Gasteiger partial charge is 0.493 e. The smallest absolute Gasteiger partial charge is 0.351 e. The zero-order valence-electron chi connectivity index (χ0n) is 12.6. The van der Waals surface area contributed by atoms with E-state index < -0.39 is 11.6 Å². The van der Waals surface area contributed by atoms with Crippen LogP contribution in [0.5, 0.6) is 5.75 Å². The summed E-state index contributed by atoms with van der Waals surface area (Å²) in [4.78, 5) is 23.9. The zero-order valence-corrected chi connectivity index (χ0v) is 12.6. The first kappa shape index (κ1) is 15.1. The fourth-order valence-electron chi connectivity index (χ4n) is 2.12. The maximum absolute atomic E-state index is 11.9. The van der Waals surface area contributed by atoms with Gasteiger partial charge in [-0.05, 0) is 30.5 Å².